The fourth-order valence-corrected chi connectivity index (χ4v) is 5.01. The van der Waals surface area contributed by atoms with Gasteiger partial charge in [-0.1, -0.05) is 0 Å². The molecule has 31 heavy (non-hydrogen) atoms. The van der Waals surface area contributed by atoms with E-state index >= 15 is 4.39 Å². The molecule has 0 fully saturated rings. The van der Waals surface area contributed by atoms with Crippen molar-refractivity contribution in [1.29, 1.82) is 0 Å². The first-order chi connectivity index (χ1) is 14.6. The largest absolute Gasteiger partial charge is 0.385 e. The number of aromatic nitrogens is 4. The molecular weight excluding hydrogens is 515 g/mol. The van der Waals surface area contributed by atoms with Gasteiger partial charge in [0.25, 0.3) is 0 Å². The van der Waals surface area contributed by atoms with Crippen molar-refractivity contribution in [3.05, 3.63) is 56.8 Å². The zero-order valence-electron chi connectivity index (χ0n) is 17.3. The van der Waals surface area contributed by atoms with E-state index in [-0.39, 0.29) is 0 Å². The summed E-state index contributed by atoms with van der Waals surface area (Å²) >= 11 is 2.12. The molecule has 1 unspecified atom stereocenters. The number of aliphatic hydroxyl groups excluding tert-OH is 1. The number of fused-ring (bicyclic) bond motifs is 4. The molecule has 3 N–H and O–H groups in total. The van der Waals surface area contributed by atoms with Crippen LogP contribution in [0.4, 0.5) is 14.5 Å². The van der Waals surface area contributed by atoms with Crippen molar-refractivity contribution in [1.82, 2.24) is 19.7 Å². The van der Waals surface area contributed by atoms with Crippen LogP contribution in [0.25, 0.3) is 27.7 Å². The molecule has 9 heteroatoms. The standard InChI is InChI=1S/C22H20F2IN5O/c1-9-17(13-6-11(23)5-12-15(25)8-26-18(12)13)14(24)7-16-19(9)30-20(10(2)31)28-29-21(30)22(3,4)27-16/h5-8,10,26-27,31H,1-4H3. The SMILES string of the molecule is Cc1c(-c2cc(F)cc3c(I)c[nH]c23)c(F)cc2c1-n1c(C(C)O)nnc1C(C)(C)N2. The number of rotatable bonds is 2. The fraction of sp³-hybridized carbons (Fsp3) is 0.273. The molecule has 160 valence electrons. The summed E-state index contributed by atoms with van der Waals surface area (Å²) in [5.41, 5.74) is 2.56. The monoisotopic (exact) mass is 535 g/mol. The zero-order chi connectivity index (χ0) is 22.2. The summed E-state index contributed by atoms with van der Waals surface area (Å²) in [5, 5.41) is 22.8. The molecule has 5 rings (SSSR count). The fourth-order valence-electron chi connectivity index (χ4n) is 4.43. The summed E-state index contributed by atoms with van der Waals surface area (Å²) < 4.78 is 32.7. The minimum absolute atomic E-state index is 0.291. The molecule has 1 aliphatic rings. The van der Waals surface area contributed by atoms with Crippen LogP contribution in [-0.4, -0.2) is 24.9 Å². The van der Waals surface area contributed by atoms with Gasteiger partial charge < -0.3 is 15.4 Å². The first-order valence-electron chi connectivity index (χ1n) is 9.82. The van der Waals surface area contributed by atoms with Gasteiger partial charge in [-0.25, -0.2) is 8.78 Å². The molecule has 0 bridgehead atoms. The van der Waals surface area contributed by atoms with Gasteiger partial charge in [0.15, 0.2) is 11.6 Å². The molecule has 0 radical (unpaired) electrons. The summed E-state index contributed by atoms with van der Waals surface area (Å²) in [6.07, 6.45) is 0.898. The first kappa shape index (κ1) is 20.4. The van der Waals surface area contributed by atoms with Crippen LogP contribution in [0, 0.1) is 22.1 Å². The van der Waals surface area contributed by atoms with E-state index in [4.69, 9.17) is 0 Å². The van der Waals surface area contributed by atoms with Crippen molar-refractivity contribution in [2.75, 3.05) is 5.32 Å². The number of hydrogen-bond acceptors (Lipinski definition) is 4. The van der Waals surface area contributed by atoms with E-state index in [0.29, 0.717) is 50.6 Å². The number of aliphatic hydroxyl groups is 1. The number of H-pyrrole nitrogens is 1. The van der Waals surface area contributed by atoms with E-state index in [2.05, 4.69) is 43.1 Å². The van der Waals surface area contributed by atoms with Gasteiger partial charge in [0.1, 0.15) is 17.7 Å². The second kappa shape index (κ2) is 6.73. The highest BCUT2D eigenvalue weighted by Gasteiger charge is 2.37. The van der Waals surface area contributed by atoms with Crippen LogP contribution >= 0.6 is 22.6 Å². The molecule has 0 saturated heterocycles. The Hall–Kier alpha value is -2.53. The van der Waals surface area contributed by atoms with Crippen molar-refractivity contribution < 1.29 is 13.9 Å². The van der Waals surface area contributed by atoms with Crippen molar-refractivity contribution >= 4 is 39.2 Å². The molecule has 4 aromatic rings. The zero-order valence-corrected chi connectivity index (χ0v) is 19.5. The molecule has 0 saturated carbocycles. The number of nitrogens with zero attached hydrogens (tertiary/aromatic N) is 3. The summed E-state index contributed by atoms with van der Waals surface area (Å²) in [7, 11) is 0. The van der Waals surface area contributed by atoms with E-state index in [0.717, 1.165) is 3.57 Å². The molecule has 2 aromatic carbocycles. The lowest BCUT2D eigenvalue weighted by Gasteiger charge is -2.35. The van der Waals surface area contributed by atoms with Crippen LogP contribution in [0.3, 0.4) is 0 Å². The number of aromatic amines is 1. The Morgan fingerprint density at radius 1 is 1.19 bits per heavy atom. The van der Waals surface area contributed by atoms with Gasteiger partial charge in [0.05, 0.1) is 22.4 Å². The van der Waals surface area contributed by atoms with Crippen LogP contribution in [0.2, 0.25) is 0 Å². The number of halogens is 3. The van der Waals surface area contributed by atoms with E-state index in [1.807, 2.05) is 13.8 Å². The van der Waals surface area contributed by atoms with E-state index in [1.54, 1.807) is 24.6 Å². The molecular formula is C22H20F2IN5O. The minimum atomic E-state index is -0.873. The van der Waals surface area contributed by atoms with E-state index in [1.165, 1.54) is 18.2 Å². The van der Waals surface area contributed by atoms with Crippen molar-refractivity contribution in [2.24, 2.45) is 0 Å². The maximum Gasteiger partial charge on any atom is 0.166 e. The van der Waals surface area contributed by atoms with Gasteiger partial charge in [-0.3, -0.25) is 4.57 Å². The van der Waals surface area contributed by atoms with Crippen LogP contribution in [-0.2, 0) is 5.54 Å². The predicted molar refractivity (Wildman–Crippen MR) is 123 cm³/mol. The third kappa shape index (κ3) is 2.89. The highest BCUT2D eigenvalue weighted by molar-refractivity contribution is 14.1. The van der Waals surface area contributed by atoms with Crippen LogP contribution in [0.1, 0.15) is 44.1 Å². The molecule has 0 aliphatic carbocycles. The second-order valence-corrected chi connectivity index (χ2v) is 9.57. The summed E-state index contributed by atoms with van der Waals surface area (Å²) in [6.45, 7) is 7.24. The van der Waals surface area contributed by atoms with Crippen LogP contribution in [0.15, 0.2) is 24.4 Å². The van der Waals surface area contributed by atoms with Crippen molar-refractivity contribution in [3.63, 3.8) is 0 Å². The van der Waals surface area contributed by atoms with Crippen LogP contribution in [0.5, 0.6) is 0 Å². The predicted octanol–water partition coefficient (Wildman–Crippen LogP) is 5.32. The maximum atomic E-state index is 15.5. The molecule has 0 amide bonds. The van der Waals surface area contributed by atoms with E-state index in [9.17, 15) is 9.50 Å². The third-order valence-electron chi connectivity index (χ3n) is 5.76. The Bertz CT molecular complexity index is 1370. The maximum absolute atomic E-state index is 15.5. The number of nitrogens with one attached hydrogen (secondary N) is 2. The van der Waals surface area contributed by atoms with Gasteiger partial charge in [-0.05, 0) is 74.0 Å². The van der Waals surface area contributed by atoms with Gasteiger partial charge in [0, 0.05) is 26.3 Å². The minimum Gasteiger partial charge on any atom is -0.385 e. The Labute approximate surface area is 190 Å². The Kier molecular flexibility index (Phi) is 4.43. The second-order valence-electron chi connectivity index (χ2n) is 8.41. The number of anilines is 1. The Morgan fingerprint density at radius 3 is 2.65 bits per heavy atom. The lowest BCUT2D eigenvalue weighted by molar-refractivity contribution is 0.186. The topological polar surface area (TPSA) is 78.8 Å². The highest BCUT2D eigenvalue weighted by atomic mass is 127. The number of hydrogen-bond donors (Lipinski definition) is 3. The normalized spacial score (nSPS) is 15.5. The molecule has 2 aromatic heterocycles. The van der Waals surface area contributed by atoms with Crippen molar-refractivity contribution in [2.45, 2.75) is 39.3 Å². The summed E-state index contributed by atoms with van der Waals surface area (Å²) in [6, 6.07) is 4.20. The molecule has 3 heterocycles. The summed E-state index contributed by atoms with van der Waals surface area (Å²) in [4.78, 5) is 3.15. The summed E-state index contributed by atoms with van der Waals surface area (Å²) in [5.74, 6) is 0.0669. The van der Waals surface area contributed by atoms with E-state index < -0.39 is 23.3 Å². The van der Waals surface area contributed by atoms with Gasteiger partial charge in [-0.15, -0.1) is 10.2 Å². The molecule has 6 nitrogen and oxygen atoms in total. The third-order valence-corrected chi connectivity index (χ3v) is 6.65. The smallest absolute Gasteiger partial charge is 0.166 e. The lowest BCUT2D eigenvalue weighted by atomic mass is 9.92. The number of benzene rings is 2. The Balaban J connectivity index is 1.88. The average Bonchev–Trinajstić information content (AvgIpc) is 3.26. The molecule has 1 atom stereocenters. The van der Waals surface area contributed by atoms with Crippen molar-refractivity contribution in [3.8, 4) is 16.8 Å². The van der Waals surface area contributed by atoms with Gasteiger partial charge in [0.2, 0.25) is 0 Å². The quantitative estimate of drug-likeness (QED) is 0.304. The molecule has 0 spiro atoms. The van der Waals surface area contributed by atoms with Gasteiger partial charge in [-0.2, -0.15) is 0 Å². The van der Waals surface area contributed by atoms with Crippen LogP contribution < -0.4 is 5.32 Å². The first-order valence-corrected chi connectivity index (χ1v) is 10.9. The highest BCUT2D eigenvalue weighted by Crippen LogP contribution is 2.44. The molecule has 1 aliphatic heterocycles. The van der Waals surface area contributed by atoms with Gasteiger partial charge >= 0.3 is 0 Å². The Morgan fingerprint density at radius 2 is 1.94 bits per heavy atom. The lowest BCUT2D eigenvalue weighted by Crippen LogP contribution is -2.36. The average molecular weight is 535 g/mol.